The van der Waals surface area contributed by atoms with Gasteiger partial charge >= 0.3 is 0 Å². The van der Waals surface area contributed by atoms with Crippen molar-refractivity contribution in [3.63, 3.8) is 0 Å². The average Bonchev–Trinajstić information content (AvgIpc) is 3.07. The number of carbonyl (C=O) groups is 1. The van der Waals surface area contributed by atoms with Gasteiger partial charge in [-0.1, -0.05) is 45.8 Å². The van der Waals surface area contributed by atoms with Crippen molar-refractivity contribution < 1.29 is 13.9 Å². The minimum absolute atomic E-state index is 0.0771. The van der Waals surface area contributed by atoms with Gasteiger partial charge in [0, 0.05) is 10.2 Å². The fourth-order valence-electron chi connectivity index (χ4n) is 4.04. The summed E-state index contributed by atoms with van der Waals surface area (Å²) in [6.45, 7) is 1.99. The molecule has 4 aromatic rings. The van der Waals surface area contributed by atoms with Gasteiger partial charge in [0.25, 0.3) is 5.91 Å². The Morgan fingerprint density at radius 3 is 2.52 bits per heavy atom. The van der Waals surface area contributed by atoms with E-state index in [0.717, 1.165) is 15.6 Å². The molecule has 0 radical (unpaired) electrons. The minimum Gasteiger partial charge on any atom is -0.497 e. The third-order valence-corrected chi connectivity index (χ3v) is 6.05. The molecule has 1 aliphatic rings. The summed E-state index contributed by atoms with van der Waals surface area (Å²) in [6.07, 6.45) is 0. The molecule has 5 rings (SSSR count). The number of aryl methyl sites for hydroxylation is 1. The molecule has 1 aliphatic heterocycles. The molecular weight excluding hydrogens is 458 g/mol. The third kappa shape index (κ3) is 3.15. The first kappa shape index (κ1) is 19.6. The second-order valence-corrected chi connectivity index (χ2v) is 8.42. The maximum absolute atomic E-state index is 13.6. The smallest absolute Gasteiger partial charge is 0.295 e. The van der Waals surface area contributed by atoms with Gasteiger partial charge in [-0.25, -0.2) is 0 Å². The highest BCUT2D eigenvalue weighted by Gasteiger charge is 2.43. The van der Waals surface area contributed by atoms with Crippen LogP contribution in [-0.2, 0) is 0 Å². The van der Waals surface area contributed by atoms with Crippen molar-refractivity contribution in [1.82, 2.24) is 0 Å². The standard InChI is InChI=1S/C25H18BrNO4/c1-14-6-9-17(10-7-14)27-22(15-4-3-5-18(12-15)30-2)21-23(28)19-13-16(26)8-11-20(19)31-24(21)25(27)29/h3-13,22H,1-2H3. The highest BCUT2D eigenvalue weighted by Crippen LogP contribution is 2.42. The van der Waals surface area contributed by atoms with Crippen LogP contribution in [0.1, 0.15) is 33.3 Å². The highest BCUT2D eigenvalue weighted by atomic mass is 79.9. The number of rotatable bonds is 3. The van der Waals surface area contributed by atoms with E-state index in [-0.39, 0.29) is 17.1 Å². The number of amides is 1. The van der Waals surface area contributed by atoms with Crippen LogP contribution in [0.2, 0.25) is 0 Å². The number of nitrogens with zero attached hydrogens (tertiary/aromatic N) is 1. The molecular formula is C25H18BrNO4. The number of hydrogen-bond acceptors (Lipinski definition) is 4. The van der Waals surface area contributed by atoms with Crippen molar-refractivity contribution in [3.05, 3.63) is 104 Å². The molecule has 31 heavy (non-hydrogen) atoms. The minimum atomic E-state index is -0.625. The SMILES string of the molecule is COc1cccc(C2c3c(oc4ccc(Br)cc4c3=O)C(=O)N2c2ccc(C)cc2)c1. The molecule has 0 spiro atoms. The Hall–Kier alpha value is -3.38. The second-order valence-electron chi connectivity index (χ2n) is 7.50. The summed E-state index contributed by atoms with van der Waals surface area (Å²) in [6, 6.07) is 19.6. The van der Waals surface area contributed by atoms with Gasteiger partial charge < -0.3 is 9.15 Å². The zero-order chi connectivity index (χ0) is 21.7. The zero-order valence-electron chi connectivity index (χ0n) is 16.9. The summed E-state index contributed by atoms with van der Waals surface area (Å²) >= 11 is 3.42. The molecule has 1 amide bonds. The highest BCUT2D eigenvalue weighted by molar-refractivity contribution is 9.10. The maximum atomic E-state index is 13.6. The number of halogens is 1. The average molecular weight is 476 g/mol. The van der Waals surface area contributed by atoms with Crippen molar-refractivity contribution >= 4 is 38.5 Å². The van der Waals surface area contributed by atoms with E-state index >= 15 is 0 Å². The van der Waals surface area contributed by atoms with Crippen LogP contribution in [-0.4, -0.2) is 13.0 Å². The van der Waals surface area contributed by atoms with E-state index in [4.69, 9.17) is 9.15 Å². The fourth-order valence-corrected chi connectivity index (χ4v) is 4.40. The normalized spacial score (nSPS) is 15.4. The van der Waals surface area contributed by atoms with Gasteiger partial charge in [-0.15, -0.1) is 0 Å². The molecule has 0 saturated carbocycles. The first-order valence-electron chi connectivity index (χ1n) is 9.78. The Kier molecular flexibility index (Phi) is 4.67. The van der Waals surface area contributed by atoms with Crippen LogP contribution in [0.15, 0.2) is 80.4 Å². The Balaban J connectivity index is 1.82. The third-order valence-electron chi connectivity index (χ3n) is 5.55. The lowest BCUT2D eigenvalue weighted by atomic mass is 9.98. The van der Waals surface area contributed by atoms with E-state index in [1.807, 2.05) is 55.5 Å². The van der Waals surface area contributed by atoms with Gasteiger partial charge in [0.1, 0.15) is 11.3 Å². The molecule has 2 heterocycles. The van der Waals surface area contributed by atoms with Gasteiger partial charge in [-0.2, -0.15) is 0 Å². The van der Waals surface area contributed by atoms with Crippen molar-refractivity contribution in [1.29, 1.82) is 0 Å². The number of benzene rings is 3. The Morgan fingerprint density at radius 2 is 1.77 bits per heavy atom. The van der Waals surface area contributed by atoms with E-state index in [2.05, 4.69) is 15.9 Å². The number of fused-ring (bicyclic) bond motifs is 2. The monoisotopic (exact) mass is 475 g/mol. The van der Waals surface area contributed by atoms with Crippen LogP contribution in [0.4, 0.5) is 5.69 Å². The second kappa shape index (κ2) is 7.39. The molecule has 0 fully saturated rings. The Morgan fingerprint density at radius 1 is 1.00 bits per heavy atom. The van der Waals surface area contributed by atoms with E-state index in [0.29, 0.717) is 28.0 Å². The van der Waals surface area contributed by atoms with Gasteiger partial charge in [0.2, 0.25) is 5.76 Å². The van der Waals surface area contributed by atoms with Gasteiger partial charge in [-0.3, -0.25) is 14.5 Å². The van der Waals surface area contributed by atoms with Crippen molar-refractivity contribution in [2.75, 3.05) is 12.0 Å². The largest absolute Gasteiger partial charge is 0.497 e. The first-order chi connectivity index (χ1) is 15.0. The zero-order valence-corrected chi connectivity index (χ0v) is 18.5. The lowest BCUT2D eigenvalue weighted by Gasteiger charge is -2.25. The Bertz CT molecular complexity index is 1390. The molecule has 0 saturated heterocycles. The van der Waals surface area contributed by atoms with Crippen LogP contribution in [0.3, 0.4) is 0 Å². The van der Waals surface area contributed by atoms with E-state index in [1.165, 1.54) is 0 Å². The fraction of sp³-hybridized carbons (Fsp3) is 0.120. The van der Waals surface area contributed by atoms with Crippen molar-refractivity contribution in [2.45, 2.75) is 13.0 Å². The summed E-state index contributed by atoms with van der Waals surface area (Å²) in [5.74, 6) is 0.386. The maximum Gasteiger partial charge on any atom is 0.295 e. The molecule has 1 atom stereocenters. The van der Waals surface area contributed by atoms with Crippen LogP contribution < -0.4 is 15.1 Å². The van der Waals surface area contributed by atoms with Crippen LogP contribution >= 0.6 is 15.9 Å². The van der Waals surface area contributed by atoms with E-state index in [9.17, 15) is 9.59 Å². The van der Waals surface area contributed by atoms with Gasteiger partial charge in [-0.05, 0) is 55.0 Å². The molecule has 154 valence electrons. The summed E-state index contributed by atoms with van der Waals surface area (Å²) < 4.78 is 12.2. The molecule has 0 aliphatic carbocycles. The summed E-state index contributed by atoms with van der Waals surface area (Å²) in [7, 11) is 1.59. The Labute approximate surface area is 187 Å². The molecule has 6 heteroatoms. The summed E-state index contributed by atoms with van der Waals surface area (Å²) in [5, 5.41) is 0.430. The van der Waals surface area contributed by atoms with Crippen LogP contribution in [0.25, 0.3) is 11.0 Å². The van der Waals surface area contributed by atoms with Crippen LogP contribution in [0, 0.1) is 6.92 Å². The quantitative estimate of drug-likeness (QED) is 0.385. The number of anilines is 1. The van der Waals surface area contributed by atoms with Crippen molar-refractivity contribution in [3.8, 4) is 5.75 Å². The topological polar surface area (TPSA) is 59.8 Å². The van der Waals surface area contributed by atoms with Crippen LogP contribution in [0.5, 0.6) is 5.75 Å². The lowest BCUT2D eigenvalue weighted by molar-refractivity contribution is 0.0971. The summed E-state index contributed by atoms with van der Waals surface area (Å²) in [5.41, 5.74) is 3.05. The van der Waals surface area contributed by atoms with Crippen molar-refractivity contribution in [2.24, 2.45) is 0 Å². The lowest BCUT2D eigenvalue weighted by Crippen LogP contribution is -2.29. The number of hydrogen-bond donors (Lipinski definition) is 0. The van der Waals surface area contributed by atoms with Gasteiger partial charge in [0.05, 0.1) is 24.1 Å². The molecule has 0 bridgehead atoms. The molecule has 5 nitrogen and oxygen atoms in total. The predicted molar refractivity (Wildman–Crippen MR) is 123 cm³/mol. The molecule has 1 aromatic heterocycles. The number of carbonyl (C=O) groups excluding carboxylic acids is 1. The number of ether oxygens (including phenoxy) is 1. The van der Waals surface area contributed by atoms with Gasteiger partial charge in [0.15, 0.2) is 5.43 Å². The predicted octanol–water partition coefficient (Wildman–Crippen LogP) is 5.62. The number of methoxy groups -OCH3 is 1. The van der Waals surface area contributed by atoms with E-state index < -0.39 is 6.04 Å². The first-order valence-corrected chi connectivity index (χ1v) is 10.6. The summed E-state index contributed by atoms with van der Waals surface area (Å²) in [4.78, 5) is 28.8. The molecule has 0 N–H and O–H groups in total. The molecule has 1 unspecified atom stereocenters. The van der Waals surface area contributed by atoms with E-state index in [1.54, 1.807) is 30.2 Å². The molecule has 3 aromatic carbocycles.